The van der Waals surface area contributed by atoms with Crippen LogP contribution in [0.1, 0.15) is 37.2 Å². The van der Waals surface area contributed by atoms with E-state index in [1.165, 1.54) is 0 Å². The molecule has 2 rings (SSSR count). The van der Waals surface area contributed by atoms with Crippen molar-refractivity contribution in [1.82, 2.24) is 9.97 Å². The fourth-order valence-electron chi connectivity index (χ4n) is 2.31. The number of aryl methyl sites for hydroxylation is 1. The Kier molecular flexibility index (Phi) is 4.92. The quantitative estimate of drug-likeness (QED) is 0.789. The van der Waals surface area contributed by atoms with Gasteiger partial charge in [-0.2, -0.15) is 0 Å². The zero-order valence-corrected chi connectivity index (χ0v) is 11.6. The molecule has 1 heterocycles. The average molecular weight is 271 g/mol. The van der Waals surface area contributed by atoms with Crippen LogP contribution in [0.2, 0.25) is 5.15 Å². The van der Waals surface area contributed by atoms with Crippen LogP contribution in [-0.4, -0.2) is 29.3 Å². The van der Waals surface area contributed by atoms with Crippen LogP contribution in [-0.2, 0) is 16.1 Å². The monoisotopic (exact) mass is 270 g/mol. The van der Waals surface area contributed by atoms with Gasteiger partial charge in [0.2, 0.25) is 0 Å². The Morgan fingerprint density at radius 1 is 1.33 bits per heavy atom. The molecule has 0 N–H and O–H groups in total. The summed E-state index contributed by atoms with van der Waals surface area (Å²) >= 11 is 5.89. The van der Waals surface area contributed by atoms with Gasteiger partial charge in [0, 0.05) is 12.8 Å². The van der Waals surface area contributed by atoms with Gasteiger partial charge in [-0.05, 0) is 38.7 Å². The van der Waals surface area contributed by atoms with E-state index in [4.69, 9.17) is 21.1 Å². The SMILES string of the molecule is COC1CCCC(OCc2nc(C)cc(Cl)n2)C1. The maximum Gasteiger partial charge on any atom is 0.155 e. The second-order valence-electron chi connectivity index (χ2n) is 4.71. The van der Waals surface area contributed by atoms with Crippen LogP contribution in [0, 0.1) is 6.92 Å². The van der Waals surface area contributed by atoms with Gasteiger partial charge < -0.3 is 9.47 Å². The standard InChI is InChI=1S/C13H19ClN2O2/c1-9-6-12(14)16-13(15-9)8-18-11-5-3-4-10(7-11)17-2/h6,10-11H,3-5,7-8H2,1-2H3. The number of hydrogen-bond donors (Lipinski definition) is 0. The van der Waals surface area contributed by atoms with Crippen LogP contribution in [0.5, 0.6) is 0 Å². The lowest BCUT2D eigenvalue weighted by Crippen LogP contribution is -2.27. The number of rotatable bonds is 4. The summed E-state index contributed by atoms with van der Waals surface area (Å²) in [4.78, 5) is 8.46. The van der Waals surface area contributed by atoms with Crippen molar-refractivity contribution in [2.24, 2.45) is 0 Å². The van der Waals surface area contributed by atoms with E-state index in [1.807, 2.05) is 6.92 Å². The molecule has 2 unspecified atom stereocenters. The molecule has 0 bridgehead atoms. The molecule has 1 aliphatic carbocycles. The molecule has 1 fully saturated rings. The molecule has 1 aliphatic rings. The van der Waals surface area contributed by atoms with Crippen molar-refractivity contribution < 1.29 is 9.47 Å². The molecule has 2 atom stereocenters. The molecular weight excluding hydrogens is 252 g/mol. The summed E-state index contributed by atoms with van der Waals surface area (Å²) < 4.78 is 11.2. The van der Waals surface area contributed by atoms with Gasteiger partial charge in [-0.1, -0.05) is 11.6 Å². The highest BCUT2D eigenvalue weighted by Crippen LogP contribution is 2.23. The predicted octanol–water partition coefficient (Wildman–Crippen LogP) is 2.91. The van der Waals surface area contributed by atoms with Crippen LogP contribution in [0.3, 0.4) is 0 Å². The van der Waals surface area contributed by atoms with Crippen LogP contribution in [0.4, 0.5) is 0 Å². The first-order valence-electron chi connectivity index (χ1n) is 6.32. The third-order valence-electron chi connectivity index (χ3n) is 3.23. The number of nitrogens with zero attached hydrogens (tertiary/aromatic N) is 2. The first-order chi connectivity index (χ1) is 8.67. The molecule has 4 nitrogen and oxygen atoms in total. The Bertz CT molecular complexity index is 380. The second kappa shape index (κ2) is 6.45. The molecule has 1 saturated carbocycles. The van der Waals surface area contributed by atoms with E-state index in [9.17, 15) is 0 Å². The zero-order chi connectivity index (χ0) is 13.0. The molecule has 5 heteroatoms. The summed E-state index contributed by atoms with van der Waals surface area (Å²) in [6.07, 6.45) is 4.88. The van der Waals surface area contributed by atoms with Crippen LogP contribution in [0.25, 0.3) is 0 Å². The summed E-state index contributed by atoms with van der Waals surface area (Å²) in [6.45, 7) is 2.32. The summed E-state index contributed by atoms with van der Waals surface area (Å²) in [5.41, 5.74) is 0.868. The Hall–Kier alpha value is -0.710. The Balaban J connectivity index is 1.87. The number of ether oxygens (including phenoxy) is 2. The van der Waals surface area contributed by atoms with E-state index in [1.54, 1.807) is 13.2 Å². The van der Waals surface area contributed by atoms with Gasteiger partial charge in [-0.3, -0.25) is 0 Å². The molecule has 1 aromatic heterocycles. The molecule has 1 aromatic rings. The lowest BCUT2D eigenvalue weighted by molar-refractivity contribution is -0.0381. The van der Waals surface area contributed by atoms with Gasteiger partial charge in [0.25, 0.3) is 0 Å². The zero-order valence-electron chi connectivity index (χ0n) is 10.9. The van der Waals surface area contributed by atoms with Crippen molar-refractivity contribution in [2.45, 2.75) is 51.4 Å². The van der Waals surface area contributed by atoms with Gasteiger partial charge in [-0.25, -0.2) is 9.97 Å². The lowest BCUT2D eigenvalue weighted by Gasteiger charge is -2.27. The topological polar surface area (TPSA) is 44.2 Å². The Morgan fingerprint density at radius 2 is 2.11 bits per heavy atom. The first-order valence-corrected chi connectivity index (χ1v) is 6.69. The number of hydrogen-bond acceptors (Lipinski definition) is 4. The summed E-state index contributed by atoms with van der Waals surface area (Å²) in [5, 5.41) is 0.472. The van der Waals surface area contributed by atoms with E-state index >= 15 is 0 Å². The Labute approximate surface area is 113 Å². The van der Waals surface area contributed by atoms with E-state index < -0.39 is 0 Å². The van der Waals surface area contributed by atoms with Gasteiger partial charge in [-0.15, -0.1) is 0 Å². The van der Waals surface area contributed by atoms with Crippen molar-refractivity contribution in [3.8, 4) is 0 Å². The van der Waals surface area contributed by atoms with Gasteiger partial charge in [0.1, 0.15) is 11.8 Å². The van der Waals surface area contributed by atoms with Crippen molar-refractivity contribution in [2.75, 3.05) is 7.11 Å². The number of methoxy groups -OCH3 is 1. The van der Waals surface area contributed by atoms with Gasteiger partial charge in [0.05, 0.1) is 12.2 Å². The van der Waals surface area contributed by atoms with Crippen LogP contribution in [0.15, 0.2) is 6.07 Å². The van der Waals surface area contributed by atoms with Crippen molar-refractivity contribution in [1.29, 1.82) is 0 Å². The van der Waals surface area contributed by atoms with Crippen LogP contribution >= 0.6 is 11.6 Å². The minimum absolute atomic E-state index is 0.242. The van der Waals surface area contributed by atoms with Crippen molar-refractivity contribution >= 4 is 11.6 Å². The van der Waals surface area contributed by atoms with Crippen molar-refractivity contribution in [3.05, 3.63) is 22.7 Å². The smallest absolute Gasteiger partial charge is 0.155 e. The minimum Gasteiger partial charge on any atom is -0.381 e. The molecule has 100 valence electrons. The molecular formula is C13H19ClN2O2. The second-order valence-corrected chi connectivity index (χ2v) is 5.09. The third kappa shape index (κ3) is 3.90. The highest BCUT2D eigenvalue weighted by molar-refractivity contribution is 6.29. The van der Waals surface area contributed by atoms with E-state index in [-0.39, 0.29) is 6.10 Å². The number of halogens is 1. The van der Waals surface area contributed by atoms with E-state index in [0.717, 1.165) is 31.4 Å². The lowest BCUT2D eigenvalue weighted by atomic mass is 9.95. The molecule has 0 amide bonds. The van der Waals surface area contributed by atoms with E-state index in [2.05, 4.69) is 9.97 Å². The summed E-state index contributed by atoms with van der Waals surface area (Å²) in [5.74, 6) is 0.652. The predicted molar refractivity (Wildman–Crippen MR) is 69.6 cm³/mol. The first kappa shape index (κ1) is 13.7. The average Bonchev–Trinajstić information content (AvgIpc) is 2.35. The molecule has 18 heavy (non-hydrogen) atoms. The van der Waals surface area contributed by atoms with Gasteiger partial charge in [0.15, 0.2) is 5.82 Å². The third-order valence-corrected chi connectivity index (χ3v) is 3.42. The van der Waals surface area contributed by atoms with E-state index in [0.29, 0.717) is 23.7 Å². The molecule has 0 radical (unpaired) electrons. The summed E-state index contributed by atoms with van der Waals surface area (Å²) in [6, 6.07) is 1.74. The largest absolute Gasteiger partial charge is 0.381 e. The van der Waals surface area contributed by atoms with Gasteiger partial charge >= 0.3 is 0 Å². The molecule has 0 spiro atoms. The highest BCUT2D eigenvalue weighted by atomic mass is 35.5. The maximum absolute atomic E-state index is 5.89. The molecule has 0 aromatic carbocycles. The molecule has 0 saturated heterocycles. The highest BCUT2D eigenvalue weighted by Gasteiger charge is 2.22. The normalized spacial score (nSPS) is 24.2. The number of aromatic nitrogens is 2. The fourth-order valence-corrected chi connectivity index (χ4v) is 2.57. The Morgan fingerprint density at radius 3 is 2.83 bits per heavy atom. The minimum atomic E-state index is 0.242. The summed E-state index contributed by atoms with van der Waals surface area (Å²) in [7, 11) is 1.76. The fraction of sp³-hybridized carbons (Fsp3) is 0.692. The van der Waals surface area contributed by atoms with Crippen molar-refractivity contribution in [3.63, 3.8) is 0 Å². The maximum atomic E-state index is 5.89. The molecule has 0 aliphatic heterocycles. The van der Waals surface area contributed by atoms with Crippen LogP contribution < -0.4 is 0 Å².